The van der Waals surface area contributed by atoms with Gasteiger partial charge in [0.05, 0.1) is 17.7 Å². The van der Waals surface area contributed by atoms with E-state index in [9.17, 15) is 0 Å². The lowest BCUT2D eigenvalue weighted by atomic mass is 10.0. The van der Waals surface area contributed by atoms with Crippen molar-refractivity contribution in [3.8, 4) is 0 Å². The van der Waals surface area contributed by atoms with Gasteiger partial charge in [0.15, 0.2) is 0 Å². The van der Waals surface area contributed by atoms with Gasteiger partial charge in [-0.1, -0.05) is 23.7 Å². The van der Waals surface area contributed by atoms with Gasteiger partial charge in [-0.05, 0) is 11.6 Å². The molecule has 3 nitrogen and oxygen atoms in total. The highest BCUT2D eigenvalue weighted by Crippen LogP contribution is 2.30. The van der Waals surface area contributed by atoms with E-state index in [-0.39, 0.29) is 12.6 Å². The Morgan fingerprint density at radius 3 is 2.93 bits per heavy atom. The van der Waals surface area contributed by atoms with Crippen LogP contribution in [0, 0.1) is 0 Å². The van der Waals surface area contributed by atoms with Crippen molar-refractivity contribution in [2.45, 2.75) is 6.04 Å². The van der Waals surface area contributed by atoms with Gasteiger partial charge in [0.2, 0.25) is 0 Å². The molecule has 0 fully saturated rings. The van der Waals surface area contributed by atoms with Gasteiger partial charge in [-0.2, -0.15) is 0 Å². The molecule has 0 amide bonds. The first kappa shape index (κ1) is 10.5. The Bertz CT molecular complexity index is 493. The lowest BCUT2D eigenvalue weighted by Gasteiger charge is -2.10. The summed E-state index contributed by atoms with van der Waals surface area (Å²) in [7, 11) is 1.93. The minimum Gasteiger partial charge on any atom is -0.394 e. The Balaban J connectivity index is 2.75. The lowest BCUT2D eigenvalue weighted by Crippen LogP contribution is -2.14. The van der Waals surface area contributed by atoms with E-state index in [4.69, 9.17) is 22.4 Å². The fourth-order valence-corrected chi connectivity index (χ4v) is 2.18. The highest BCUT2D eigenvalue weighted by molar-refractivity contribution is 6.36. The average molecular weight is 225 g/mol. The van der Waals surface area contributed by atoms with Crippen molar-refractivity contribution in [1.82, 2.24) is 4.57 Å². The second-order valence-corrected chi connectivity index (χ2v) is 4.03. The summed E-state index contributed by atoms with van der Waals surface area (Å²) in [4.78, 5) is 0. The molecule has 0 radical (unpaired) electrons. The van der Waals surface area contributed by atoms with E-state index in [0.717, 1.165) is 16.5 Å². The van der Waals surface area contributed by atoms with Crippen LogP contribution in [0.4, 0.5) is 0 Å². The maximum absolute atomic E-state index is 9.07. The summed E-state index contributed by atoms with van der Waals surface area (Å²) in [5.41, 5.74) is 7.74. The van der Waals surface area contributed by atoms with E-state index in [1.165, 1.54) is 0 Å². The number of nitrogens with zero attached hydrogens (tertiary/aromatic N) is 1. The number of halogens is 1. The Kier molecular flexibility index (Phi) is 2.69. The molecule has 3 N–H and O–H groups in total. The molecule has 0 saturated carbocycles. The second kappa shape index (κ2) is 3.85. The predicted molar refractivity (Wildman–Crippen MR) is 61.9 cm³/mol. The van der Waals surface area contributed by atoms with E-state index in [0.29, 0.717) is 5.02 Å². The SMILES string of the molecule is Cn1cc(Cl)c2c(C(N)CO)cccc21. The number of nitrogens with two attached hydrogens (primary N) is 1. The molecule has 2 rings (SSSR count). The first-order chi connectivity index (χ1) is 7.15. The zero-order chi connectivity index (χ0) is 11.0. The number of aryl methyl sites for hydroxylation is 1. The molecule has 4 heteroatoms. The van der Waals surface area contributed by atoms with Crippen LogP contribution < -0.4 is 5.73 Å². The van der Waals surface area contributed by atoms with E-state index in [1.54, 1.807) is 0 Å². The van der Waals surface area contributed by atoms with Gasteiger partial charge >= 0.3 is 0 Å². The van der Waals surface area contributed by atoms with Crippen molar-refractivity contribution >= 4 is 22.5 Å². The Morgan fingerprint density at radius 2 is 2.27 bits per heavy atom. The molecule has 0 aliphatic heterocycles. The van der Waals surface area contributed by atoms with E-state index in [1.807, 2.05) is 36.0 Å². The minimum absolute atomic E-state index is 0.0790. The van der Waals surface area contributed by atoms with Crippen molar-refractivity contribution < 1.29 is 5.11 Å². The number of aromatic nitrogens is 1. The first-order valence-electron chi connectivity index (χ1n) is 4.75. The molecule has 0 aliphatic carbocycles. The maximum atomic E-state index is 9.07. The second-order valence-electron chi connectivity index (χ2n) is 3.62. The number of hydrogen-bond acceptors (Lipinski definition) is 2. The third-order valence-corrected chi connectivity index (χ3v) is 2.88. The van der Waals surface area contributed by atoms with Crippen molar-refractivity contribution in [3.63, 3.8) is 0 Å². The van der Waals surface area contributed by atoms with E-state index in [2.05, 4.69) is 0 Å². The number of hydrogen-bond donors (Lipinski definition) is 2. The zero-order valence-corrected chi connectivity index (χ0v) is 9.20. The van der Waals surface area contributed by atoms with Crippen molar-refractivity contribution in [3.05, 3.63) is 35.0 Å². The maximum Gasteiger partial charge on any atom is 0.0664 e. The van der Waals surface area contributed by atoms with Gasteiger partial charge in [0.25, 0.3) is 0 Å². The summed E-state index contributed by atoms with van der Waals surface area (Å²) < 4.78 is 1.95. The molecule has 80 valence electrons. The van der Waals surface area contributed by atoms with Crippen molar-refractivity contribution in [1.29, 1.82) is 0 Å². The summed E-state index contributed by atoms with van der Waals surface area (Å²) in [5.74, 6) is 0. The number of rotatable bonds is 2. The molecule has 1 aromatic carbocycles. The van der Waals surface area contributed by atoms with Gasteiger partial charge in [0.1, 0.15) is 0 Å². The van der Waals surface area contributed by atoms with E-state index < -0.39 is 0 Å². The molecule has 2 aromatic rings. The van der Waals surface area contributed by atoms with Crippen LogP contribution in [-0.2, 0) is 7.05 Å². The lowest BCUT2D eigenvalue weighted by molar-refractivity contribution is 0.268. The zero-order valence-electron chi connectivity index (χ0n) is 8.44. The summed E-state index contributed by atoms with van der Waals surface area (Å²) in [6, 6.07) is 5.42. The molecule has 0 bridgehead atoms. The van der Waals surface area contributed by atoms with Crippen LogP contribution in [0.1, 0.15) is 11.6 Å². The van der Waals surface area contributed by atoms with Gasteiger partial charge in [-0.25, -0.2) is 0 Å². The third-order valence-electron chi connectivity index (χ3n) is 2.60. The van der Waals surface area contributed by atoms with Crippen LogP contribution in [0.5, 0.6) is 0 Å². The molecular formula is C11H13ClN2O. The molecular weight excluding hydrogens is 212 g/mol. The average Bonchev–Trinajstić information content (AvgIpc) is 2.54. The number of aliphatic hydroxyl groups is 1. The van der Waals surface area contributed by atoms with Crippen LogP contribution in [0.25, 0.3) is 10.9 Å². The highest BCUT2D eigenvalue weighted by atomic mass is 35.5. The van der Waals surface area contributed by atoms with Crippen LogP contribution in [0.2, 0.25) is 5.02 Å². The summed E-state index contributed by atoms with van der Waals surface area (Å²) in [6.07, 6.45) is 1.85. The largest absolute Gasteiger partial charge is 0.394 e. The van der Waals surface area contributed by atoms with Crippen LogP contribution in [-0.4, -0.2) is 16.3 Å². The Morgan fingerprint density at radius 1 is 1.53 bits per heavy atom. The van der Waals surface area contributed by atoms with Gasteiger partial charge < -0.3 is 15.4 Å². The monoisotopic (exact) mass is 224 g/mol. The topological polar surface area (TPSA) is 51.2 Å². The van der Waals surface area contributed by atoms with Crippen LogP contribution in [0.3, 0.4) is 0 Å². The number of aliphatic hydroxyl groups excluding tert-OH is 1. The third kappa shape index (κ3) is 1.63. The summed E-state index contributed by atoms with van der Waals surface area (Å²) in [5, 5.41) is 10.7. The molecule has 0 saturated heterocycles. The quantitative estimate of drug-likeness (QED) is 0.818. The molecule has 0 aliphatic rings. The molecule has 1 unspecified atom stereocenters. The minimum atomic E-state index is -0.381. The number of fused-ring (bicyclic) bond motifs is 1. The number of benzene rings is 1. The smallest absolute Gasteiger partial charge is 0.0664 e. The van der Waals surface area contributed by atoms with Crippen LogP contribution >= 0.6 is 11.6 Å². The van der Waals surface area contributed by atoms with Crippen LogP contribution in [0.15, 0.2) is 24.4 Å². The van der Waals surface area contributed by atoms with Gasteiger partial charge in [-0.3, -0.25) is 0 Å². The molecule has 1 atom stereocenters. The normalized spacial score (nSPS) is 13.3. The van der Waals surface area contributed by atoms with Crippen molar-refractivity contribution in [2.75, 3.05) is 6.61 Å². The molecule has 1 aromatic heterocycles. The molecule has 1 heterocycles. The molecule has 0 spiro atoms. The highest BCUT2D eigenvalue weighted by Gasteiger charge is 2.13. The Labute approximate surface area is 93.1 Å². The summed E-state index contributed by atoms with van der Waals surface area (Å²) >= 11 is 6.13. The Hall–Kier alpha value is -1.03. The van der Waals surface area contributed by atoms with Gasteiger partial charge in [-0.15, -0.1) is 0 Å². The van der Waals surface area contributed by atoms with E-state index >= 15 is 0 Å². The summed E-state index contributed by atoms with van der Waals surface area (Å²) in [6.45, 7) is -0.0790. The first-order valence-corrected chi connectivity index (χ1v) is 5.13. The fraction of sp³-hybridized carbons (Fsp3) is 0.273. The fourth-order valence-electron chi connectivity index (χ4n) is 1.82. The van der Waals surface area contributed by atoms with Gasteiger partial charge in [0, 0.05) is 24.1 Å². The predicted octanol–water partition coefficient (Wildman–Crippen LogP) is 1.82. The van der Waals surface area contributed by atoms with Crippen molar-refractivity contribution in [2.24, 2.45) is 12.8 Å². The molecule has 15 heavy (non-hydrogen) atoms. The standard InChI is InChI=1S/C11H13ClN2O/c1-14-5-8(12)11-7(9(13)6-15)3-2-4-10(11)14/h2-5,9,15H,6,13H2,1H3.